The quantitative estimate of drug-likeness (QED) is 0.910. The van der Waals surface area contributed by atoms with Crippen molar-refractivity contribution in [2.24, 2.45) is 11.8 Å². The smallest absolute Gasteiger partial charge is 0.137 e. The Morgan fingerprint density at radius 1 is 1.26 bits per heavy atom. The number of aromatic nitrogens is 2. The van der Waals surface area contributed by atoms with Gasteiger partial charge in [0.25, 0.3) is 0 Å². The molecule has 2 atom stereocenters. The van der Waals surface area contributed by atoms with Gasteiger partial charge < -0.3 is 10.6 Å². The summed E-state index contributed by atoms with van der Waals surface area (Å²) >= 11 is 0. The van der Waals surface area contributed by atoms with Crippen molar-refractivity contribution in [2.45, 2.75) is 47.0 Å². The van der Waals surface area contributed by atoms with Crippen molar-refractivity contribution in [3.8, 4) is 0 Å². The molecule has 0 amide bonds. The van der Waals surface area contributed by atoms with E-state index in [2.05, 4.69) is 30.7 Å². The third-order valence-corrected chi connectivity index (χ3v) is 4.31. The van der Waals surface area contributed by atoms with Gasteiger partial charge in [0.2, 0.25) is 0 Å². The van der Waals surface area contributed by atoms with Gasteiger partial charge in [-0.2, -0.15) is 0 Å². The molecule has 0 aromatic carbocycles. The number of hydrogen-bond donors (Lipinski definition) is 1. The first-order valence-electron chi connectivity index (χ1n) is 7.40. The Kier molecular flexibility index (Phi) is 4.27. The number of anilines is 2. The number of piperidine rings is 1. The Labute approximate surface area is 116 Å². The summed E-state index contributed by atoms with van der Waals surface area (Å²) in [5.41, 5.74) is 7.07. The van der Waals surface area contributed by atoms with Crippen molar-refractivity contribution in [1.82, 2.24) is 9.97 Å². The SMILES string of the molecule is CCCc1nc(N)c(C)c(N2CCC(C)C(C)C2)n1. The van der Waals surface area contributed by atoms with Gasteiger partial charge in [0.1, 0.15) is 17.5 Å². The second-order valence-electron chi connectivity index (χ2n) is 5.91. The van der Waals surface area contributed by atoms with Gasteiger partial charge in [-0.15, -0.1) is 0 Å². The lowest BCUT2D eigenvalue weighted by Gasteiger charge is -2.36. The lowest BCUT2D eigenvalue weighted by atomic mass is 9.88. The molecule has 2 heterocycles. The molecule has 4 heteroatoms. The number of nitrogens with zero attached hydrogens (tertiary/aromatic N) is 3. The summed E-state index contributed by atoms with van der Waals surface area (Å²) < 4.78 is 0. The van der Waals surface area contributed by atoms with Crippen molar-refractivity contribution in [3.05, 3.63) is 11.4 Å². The minimum Gasteiger partial charge on any atom is -0.383 e. The van der Waals surface area contributed by atoms with E-state index in [0.717, 1.165) is 49.1 Å². The molecule has 1 aromatic heterocycles. The maximum atomic E-state index is 6.04. The Bertz CT molecular complexity index is 444. The second kappa shape index (κ2) is 5.76. The molecule has 1 aliphatic rings. The number of nitrogen functional groups attached to an aromatic ring is 1. The highest BCUT2D eigenvalue weighted by atomic mass is 15.2. The van der Waals surface area contributed by atoms with E-state index in [9.17, 15) is 0 Å². The van der Waals surface area contributed by atoms with Crippen LogP contribution in [-0.4, -0.2) is 23.1 Å². The zero-order valence-electron chi connectivity index (χ0n) is 12.6. The van der Waals surface area contributed by atoms with E-state index in [-0.39, 0.29) is 0 Å². The molecule has 4 nitrogen and oxygen atoms in total. The Morgan fingerprint density at radius 2 is 2.00 bits per heavy atom. The summed E-state index contributed by atoms with van der Waals surface area (Å²) in [5.74, 6) is 4.08. The predicted octanol–water partition coefficient (Wildman–Crippen LogP) is 2.80. The maximum absolute atomic E-state index is 6.04. The summed E-state index contributed by atoms with van der Waals surface area (Å²) in [6.45, 7) is 11.0. The molecule has 2 unspecified atom stereocenters. The summed E-state index contributed by atoms with van der Waals surface area (Å²) in [6, 6.07) is 0. The summed E-state index contributed by atoms with van der Waals surface area (Å²) in [4.78, 5) is 11.5. The lowest BCUT2D eigenvalue weighted by molar-refractivity contribution is 0.322. The molecule has 106 valence electrons. The summed E-state index contributed by atoms with van der Waals surface area (Å²) in [6.07, 6.45) is 3.18. The van der Waals surface area contributed by atoms with Crippen LogP contribution in [0.15, 0.2) is 0 Å². The van der Waals surface area contributed by atoms with Crippen LogP contribution < -0.4 is 10.6 Å². The molecule has 1 fully saturated rings. The highest BCUT2D eigenvalue weighted by Gasteiger charge is 2.25. The maximum Gasteiger partial charge on any atom is 0.137 e. The number of nitrogens with two attached hydrogens (primary N) is 1. The Hall–Kier alpha value is -1.32. The van der Waals surface area contributed by atoms with E-state index in [1.807, 2.05) is 6.92 Å². The normalized spacial score (nSPS) is 23.7. The van der Waals surface area contributed by atoms with Gasteiger partial charge in [-0.25, -0.2) is 9.97 Å². The average Bonchev–Trinajstić information content (AvgIpc) is 2.37. The first-order chi connectivity index (χ1) is 9.02. The number of hydrogen-bond acceptors (Lipinski definition) is 4. The molecule has 1 aliphatic heterocycles. The highest BCUT2D eigenvalue weighted by Crippen LogP contribution is 2.29. The molecule has 0 saturated carbocycles. The van der Waals surface area contributed by atoms with Crippen LogP contribution in [-0.2, 0) is 6.42 Å². The predicted molar refractivity (Wildman–Crippen MR) is 80.3 cm³/mol. The van der Waals surface area contributed by atoms with Crippen LogP contribution in [0.25, 0.3) is 0 Å². The van der Waals surface area contributed by atoms with Gasteiger partial charge in [0.05, 0.1) is 0 Å². The van der Waals surface area contributed by atoms with Crippen LogP contribution in [0.3, 0.4) is 0 Å². The van der Waals surface area contributed by atoms with Gasteiger partial charge in [0, 0.05) is 25.1 Å². The fourth-order valence-electron chi connectivity index (χ4n) is 2.67. The molecule has 0 aliphatic carbocycles. The largest absolute Gasteiger partial charge is 0.383 e. The van der Waals surface area contributed by atoms with Gasteiger partial charge in [-0.05, 0) is 31.6 Å². The number of aryl methyl sites for hydroxylation is 1. The van der Waals surface area contributed by atoms with Crippen LogP contribution in [0.5, 0.6) is 0 Å². The average molecular weight is 262 g/mol. The number of rotatable bonds is 3. The molecule has 2 rings (SSSR count). The minimum atomic E-state index is 0.639. The highest BCUT2D eigenvalue weighted by molar-refractivity contribution is 5.56. The monoisotopic (exact) mass is 262 g/mol. The zero-order chi connectivity index (χ0) is 14.0. The minimum absolute atomic E-state index is 0.639. The molecule has 0 radical (unpaired) electrons. The van der Waals surface area contributed by atoms with Gasteiger partial charge in [-0.1, -0.05) is 20.8 Å². The van der Waals surface area contributed by atoms with Crippen molar-refractivity contribution in [3.63, 3.8) is 0 Å². The molecule has 0 bridgehead atoms. The van der Waals surface area contributed by atoms with Gasteiger partial charge >= 0.3 is 0 Å². The molecular weight excluding hydrogens is 236 g/mol. The van der Waals surface area contributed by atoms with Crippen LogP contribution >= 0.6 is 0 Å². The molecule has 1 aromatic rings. The summed E-state index contributed by atoms with van der Waals surface area (Å²) in [5, 5.41) is 0. The van der Waals surface area contributed by atoms with Gasteiger partial charge in [-0.3, -0.25) is 0 Å². The third kappa shape index (κ3) is 2.99. The van der Waals surface area contributed by atoms with E-state index in [1.54, 1.807) is 0 Å². The van der Waals surface area contributed by atoms with Crippen LogP contribution in [0.1, 0.15) is 45.0 Å². The molecule has 1 saturated heterocycles. The van der Waals surface area contributed by atoms with Crippen LogP contribution in [0.4, 0.5) is 11.6 Å². The van der Waals surface area contributed by atoms with Crippen molar-refractivity contribution < 1.29 is 0 Å². The Balaban J connectivity index is 2.28. The van der Waals surface area contributed by atoms with E-state index >= 15 is 0 Å². The molecule has 19 heavy (non-hydrogen) atoms. The van der Waals surface area contributed by atoms with Crippen molar-refractivity contribution in [2.75, 3.05) is 23.7 Å². The van der Waals surface area contributed by atoms with Crippen LogP contribution in [0.2, 0.25) is 0 Å². The van der Waals surface area contributed by atoms with E-state index in [0.29, 0.717) is 11.7 Å². The zero-order valence-corrected chi connectivity index (χ0v) is 12.6. The lowest BCUT2D eigenvalue weighted by Crippen LogP contribution is -2.39. The first-order valence-corrected chi connectivity index (χ1v) is 7.40. The van der Waals surface area contributed by atoms with E-state index in [1.165, 1.54) is 6.42 Å². The van der Waals surface area contributed by atoms with E-state index in [4.69, 9.17) is 10.7 Å². The molecular formula is C15H26N4. The topological polar surface area (TPSA) is 55.0 Å². The van der Waals surface area contributed by atoms with Crippen LogP contribution in [0, 0.1) is 18.8 Å². The summed E-state index contributed by atoms with van der Waals surface area (Å²) in [7, 11) is 0. The molecule has 0 spiro atoms. The second-order valence-corrected chi connectivity index (χ2v) is 5.91. The van der Waals surface area contributed by atoms with Gasteiger partial charge in [0.15, 0.2) is 0 Å². The molecule has 2 N–H and O–H groups in total. The van der Waals surface area contributed by atoms with Crippen molar-refractivity contribution in [1.29, 1.82) is 0 Å². The van der Waals surface area contributed by atoms with E-state index < -0.39 is 0 Å². The third-order valence-electron chi connectivity index (χ3n) is 4.31. The Morgan fingerprint density at radius 3 is 2.63 bits per heavy atom. The fraction of sp³-hybridized carbons (Fsp3) is 0.733. The van der Waals surface area contributed by atoms with Crippen molar-refractivity contribution >= 4 is 11.6 Å². The fourth-order valence-corrected chi connectivity index (χ4v) is 2.67. The standard InChI is InChI=1S/C15H26N4/c1-5-6-13-17-14(16)12(4)15(18-13)19-8-7-10(2)11(3)9-19/h10-11H,5-9H2,1-4H3,(H2,16,17,18). The first kappa shape index (κ1) is 14.1.